The second-order valence-electron chi connectivity index (χ2n) is 5.28. The van der Waals surface area contributed by atoms with Crippen molar-refractivity contribution in [2.45, 2.75) is 39.0 Å². The van der Waals surface area contributed by atoms with Crippen LogP contribution in [0.5, 0.6) is 0 Å². The van der Waals surface area contributed by atoms with Crippen LogP contribution < -0.4 is 5.32 Å². The summed E-state index contributed by atoms with van der Waals surface area (Å²) in [6.07, 6.45) is 3.30. The summed E-state index contributed by atoms with van der Waals surface area (Å²) in [5.74, 6) is 0.748. The Morgan fingerprint density at radius 3 is 2.94 bits per heavy atom. The van der Waals surface area contributed by atoms with Gasteiger partial charge in [0.2, 0.25) is 0 Å². The average molecular weight is 266 g/mol. The molecule has 0 saturated heterocycles. The van der Waals surface area contributed by atoms with Crippen molar-refractivity contribution in [1.82, 2.24) is 15.1 Å². The molecule has 0 radical (unpaired) electrons. The van der Waals surface area contributed by atoms with E-state index in [0.29, 0.717) is 5.25 Å². The molecule has 0 fully saturated rings. The third-order valence-electron chi connectivity index (χ3n) is 3.00. The van der Waals surface area contributed by atoms with Crippen LogP contribution in [-0.2, 0) is 13.6 Å². The van der Waals surface area contributed by atoms with Crippen molar-refractivity contribution in [3.05, 3.63) is 17.5 Å². The lowest BCUT2D eigenvalue weighted by atomic mass is 10.1. The summed E-state index contributed by atoms with van der Waals surface area (Å²) in [4.78, 5) is 4.56. The molecule has 0 spiro atoms. The van der Waals surface area contributed by atoms with Crippen LogP contribution in [-0.4, -0.2) is 26.7 Å². The van der Waals surface area contributed by atoms with E-state index in [4.69, 9.17) is 0 Å². The van der Waals surface area contributed by atoms with Gasteiger partial charge in [-0.05, 0) is 19.3 Å². The molecule has 2 heterocycles. The van der Waals surface area contributed by atoms with E-state index in [2.05, 4.69) is 35.5 Å². The summed E-state index contributed by atoms with van der Waals surface area (Å²) in [5, 5.41) is 9.50. The van der Waals surface area contributed by atoms with Gasteiger partial charge in [-0.25, -0.2) is 0 Å². The predicted molar refractivity (Wildman–Crippen MR) is 77.9 cm³/mol. The van der Waals surface area contributed by atoms with Crippen LogP contribution in [0.2, 0.25) is 0 Å². The number of amidine groups is 1. The standard InChI is InChI=1S/C13H22N4S/c1-9(2)5-12-7-15-13(18-12)14-6-11-8-17(4)16-10(11)3/h8-9,12H,5-7H2,1-4H3,(H,14,15). The molecule has 0 aliphatic carbocycles. The molecule has 1 aliphatic rings. The zero-order valence-corrected chi connectivity index (χ0v) is 12.4. The third-order valence-corrected chi connectivity index (χ3v) is 4.17. The van der Waals surface area contributed by atoms with Gasteiger partial charge < -0.3 is 5.32 Å². The van der Waals surface area contributed by atoms with E-state index in [1.807, 2.05) is 30.4 Å². The summed E-state index contributed by atoms with van der Waals surface area (Å²) in [5.41, 5.74) is 2.33. The van der Waals surface area contributed by atoms with Gasteiger partial charge in [0.1, 0.15) is 0 Å². The minimum atomic E-state index is 0.655. The fourth-order valence-corrected chi connectivity index (χ4v) is 3.41. The van der Waals surface area contributed by atoms with E-state index in [1.54, 1.807) is 0 Å². The van der Waals surface area contributed by atoms with E-state index >= 15 is 0 Å². The molecule has 1 N–H and O–H groups in total. The van der Waals surface area contributed by atoms with Crippen molar-refractivity contribution >= 4 is 16.9 Å². The zero-order chi connectivity index (χ0) is 13.1. The SMILES string of the molecule is Cc1nn(C)cc1CNC1=NCC(CC(C)C)S1. The fourth-order valence-electron chi connectivity index (χ4n) is 2.16. The van der Waals surface area contributed by atoms with Crippen molar-refractivity contribution in [3.8, 4) is 0 Å². The molecular formula is C13H22N4S. The first-order chi connectivity index (χ1) is 8.54. The quantitative estimate of drug-likeness (QED) is 0.909. The number of thioether (sulfide) groups is 1. The van der Waals surface area contributed by atoms with Crippen molar-refractivity contribution in [2.75, 3.05) is 6.54 Å². The number of nitrogens with zero attached hydrogens (tertiary/aromatic N) is 3. The summed E-state index contributed by atoms with van der Waals surface area (Å²) in [7, 11) is 1.96. The summed E-state index contributed by atoms with van der Waals surface area (Å²) < 4.78 is 1.86. The van der Waals surface area contributed by atoms with Crippen LogP contribution in [0.4, 0.5) is 0 Å². The molecule has 1 aromatic heterocycles. The second kappa shape index (κ2) is 5.78. The highest BCUT2D eigenvalue weighted by Crippen LogP contribution is 2.25. The number of aryl methyl sites for hydroxylation is 2. The Morgan fingerprint density at radius 1 is 1.56 bits per heavy atom. The van der Waals surface area contributed by atoms with E-state index in [1.165, 1.54) is 12.0 Å². The fraction of sp³-hybridized carbons (Fsp3) is 0.692. The van der Waals surface area contributed by atoms with Gasteiger partial charge >= 0.3 is 0 Å². The van der Waals surface area contributed by atoms with Gasteiger partial charge in [0.25, 0.3) is 0 Å². The molecule has 1 atom stereocenters. The molecule has 1 aromatic rings. The zero-order valence-electron chi connectivity index (χ0n) is 11.6. The minimum Gasteiger partial charge on any atom is -0.361 e. The Morgan fingerprint density at radius 2 is 2.33 bits per heavy atom. The number of nitrogens with one attached hydrogen (secondary N) is 1. The third kappa shape index (κ3) is 3.51. The highest BCUT2D eigenvalue weighted by Gasteiger charge is 2.20. The van der Waals surface area contributed by atoms with Gasteiger partial charge in [-0.2, -0.15) is 5.10 Å². The Hall–Kier alpha value is -0.970. The monoisotopic (exact) mass is 266 g/mol. The maximum Gasteiger partial charge on any atom is 0.157 e. The lowest BCUT2D eigenvalue weighted by molar-refractivity contribution is 0.575. The number of rotatable bonds is 4. The van der Waals surface area contributed by atoms with Gasteiger partial charge in [-0.1, -0.05) is 25.6 Å². The Kier molecular flexibility index (Phi) is 4.32. The Balaban J connectivity index is 1.80. The summed E-state index contributed by atoms with van der Waals surface area (Å²) in [6, 6.07) is 0. The molecule has 4 nitrogen and oxygen atoms in total. The smallest absolute Gasteiger partial charge is 0.157 e. The summed E-state index contributed by atoms with van der Waals surface area (Å²) >= 11 is 1.88. The lowest BCUT2D eigenvalue weighted by Crippen LogP contribution is -2.19. The minimum absolute atomic E-state index is 0.655. The Bertz CT molecular complexity index is 436. The van der Waals surface area contributed by atoms with Gasteiger partial charge in [-0.15, -0.1) is 0 Å². The van der Waals surface area contributed by atoms with Crippen LogP contribution >= 0.6 is 11.8 Å². The Labute approximate surface area is 113 Å². The molecule has 1 unspecified atom stereocenters. The van der Waals surface area contributed by atoms with Gasteiger partial charge in [0.15, 0.2) is 5.17 Å². The van der Waals surface area contributed by atoms with Crippen molar-refractivity contribution < 1.29 is 0 Å². The van der Waals surface area contributed by atoms with E-state index < -0.39 is 0 Å². The van der Waals surface area contributed by atoms with Crippen LogP contribution in [0.3, 0.4) is 0 Å². The molecule has 0 aromatic carbocycles. The van der Waals surface area contributed by atoms with Crippen LogP contribution in [0, 0.1) is 12.8 Å². The number of hydrogen-bond donors (Lipinski definition) is 1. The highest BCUT2D eigenvalue weighted by atomic mass is 32.2. The molecule has 0 bridgehead atoms. The van der Waals surface area contributed by atoms with Gasteiger partial charge in [0, 0.05) is 30.6 Å². The van der Waals surface area contributed by atoms with Gasteiger partial charge in [0.05, 0.1) is 12.2 Å². The first-order valence-corrected chi connectivity index (χ1v) is 7.36. The molecule has 18 heavy (non-hydrogen) atoms. The predicted octanol–water partition coefficient (Wildman–Crippen LogP) is 2.34. The van der Waals surface area contributed by atoms with E-state index in [0.717, 1.165) is 29.9 Å². The van der Waals surface area contributed by atoms with E-state index in [9.17, 15) is 0 Å². The van der Waals surface area contributed by atoms with Crippen molar-refractivity contribution in [2.24, 2.45) is 18.0 Å². The number of aliphatic imine (C=N–C) groups is 1. The van der Waals surface area contributed by atoms with Crippen LogP contribution in [0.15, 0.2) is 11.2 Å². The average Bonchev–Trinajstić information content (AvgIpc) is 2.82. The molecule has 5 heteroatoms. The molecule has 0 amide bonds. The lowest BCUT2D eigenvalue weighted by Gasteiger charge is -2.11. The summed E-state index contributed by atoms with van der Waals surface area (Å²) in [6.45, 7) is 8.36. The van der Waals surface area contributed by atoms with Crippen LogP contribution in [0.25, 0.3) is 0 Å². The maximum atomic E-state index is 4.56. The first-order valence-electron chi connectivity index (χ1n) is 6.48. The largest absolute Gasteiger partial charge is 0.361 e. The second-order valence-corrected chi connectivity index (χ2v) is 6.57. The highest BCUT2D eigenvalue weighted by molar-refractivity contribution is 8.14. The number of aromatic nitrogens is 2. The first kappa shape index (κ1) is 13.5. The molecule has 1 aliphatic heterocycles. The molecular weight excluding hydrogens is 244 g/mol. The number of hydrogen-bond acceptors (Lipinski definition) is 4. The van der Waals surface area contributed by atoms with Crippen molar-refractivity contribution in [1.29, 1.82) is 0 Å². The molecule has 2 rings (SSSR count). The maximum absolute atomic E-state index is 4.56. The van der Waals surface area contributed by atoms with Gasteiger partial charge in [-0.3, -0.25) is 9.67 Å². The van der Waals surface area contributed by atoms with Crippen molar-refractivity contribution in [3.63, 3.8) is 0 Å². The normalized spacial score (nSPS) is 19.4. The van der Waals surface area contributed by atoms with Crippen LogP contribution in [0.1, 0.15) is 31.5 Å². The van der Waals surface area contributed by atoms with E-state index in [-0.39, 0.29) is 0 Å². The molecule has 100 valence electrons. The molecule has 0 saturated carbocycles. The topological polar surface area (TPSA) is 42.2 Å².